The SMILES string of the molecule is CC(C)C(C)(Cc1ccc(Cl)cc1)NC(=O)c1ocnc1C(F)F. The summed E-state index contributed by atoms with van der Waals surface area (Å²) in [4.78, 5) is 15.8. The van der Waals surface area contributed by atoms with Gasteiger partial charge in [0.2, 0.25) is 5.76 Å². The maximum atomic E-state index is 12.9. The zero-order valence-electron chi connectivity index (χ0n) is 13.6. The van der Waals surface area contributed by atoms with Crippen molar-refractivity contribution < 1.29 is 18.0 Å². The van der Waals surface area contributed by atoms with Crippen molar-refractivity contribution in [2.45, 2.75) is 39.2 Å². The van der Waals surface area contributed by atoms with E-state index in [-0.39, 0.29) is 5.92 Å². The standard InChI is InChI=1S/C17H19ClF2N2O2/c1-10(2)17(3,8-11-4-6-12(18)7-5-11)22-16(23)14-13(15(19)20)21-9-24-14/h4-7,9-10,15H,8H2,1-3H3,(H,22,23). The minimum absolute atomic E-state index is 0.0510. The number of carbonyl (C=O) groups is 1. The topological polar surface area (TPSA) is 55.1 Å². The number of benzene rings is 1. The van der Waals surface area contributed by atoms with Gasteiger partial charge in [0.25, 0.3) is 12.3 Å². The second-order valence-corrected chi connectivity index (χ2v) is 6.63. The van der Waals surface area contributed by atoms with Crippen LogP contribution in [0.2, 0.25) is 5.02 Å². The molecule has 1 N–H and O–H groups in total. The van der Waals surface area contributed by atoms with Crippen LogP contribution in [-0.4, -0.2) is 16.4 Å². The molecule has 0 saturated carbocycles. The number of amides is 1. The second kappa shape index (κ2) is 7.30. The number of halogens is 3. The zero-order valence-corrected chi connectivity index (χ0v) is 14.4. The molecular formula is C17H19ClF2N2O2. The molecule has 0 fully saturated rings. The molecule has 130 valence electrons. The Bertz CT molecular complexity index is 701. The van der Waals surface area contributed by atoms with Gasteiger partial charge in [-0.15, -0.1) is 0 Å². The molecule has 4 nitrogen and oxygen atoms in total. The molecule has 0 radical (unpaired) electrons. The van der Waals surface area contributed by atoms with E-state index < -0.39 is 29.3 Å². The van der Waals surface area contributed by atoms with Crippen molar-refractivity contribution in [1.29, 1.82) is 0 Å². The number of hydrogen-bond donors (Lipinski definition) is 1. The van der Waals surface area contributed by atoms with E-state index >= 15 is 0 Å². The molecule has 0 saturated heterocycles. The summed E-state index contributed by atoms with van der Waals surface area (Å²) in [6.45, 7) is 5.76. The molecule has 2 aromatic rings. The van der Waals surface area contributed by atoms with Gasteiger partial charge in [-0.05, 0) is 37.0 Å². The number of hydrogen-bond acceptors (Lipinski definition) is 3. The monoisotopic (exact) mass is 356 g/mol. The number of nitrogens with zero attached hydrogens (tertiary/aromatic N) is 1. The summed E-state index contributed by atoms with van der Waals surface area (Å²) in [7, 11) is 0. The van der Waals surface area contributed by atoms with Gasteiger partial charge in [0.1, 0.15) is 0 Å². The van der Waals surface area contributed by atoms with Crippen molar-refractivity contribution >= 4 is 17.5 Å². The van der Waals surface area contributed by atoms with Gasteiger partial charge in [-0.2, -0.15) is 0 Å². The number of oxazole rings is 1. The highest BCUT2D eigenvalue weighted by atomic mass is 35.5. The van der Waals surface area contributed by atoms with Crippen LogP contribution in [0.4, 0.5) is 8.78 Å². The summed E-state index contributed by atoms with van der Waals surface area (Å²) in [5, 5.41) is 3.44. The fraction of sp³-hybridized carbons (Fsp3) is 0.412. The molecule has 2 rings (SSSR count). The highest BCUT2D eigenvalue weighted by Crippen LogP contribution is 2.26. The predicted octanol–water partition coefficient (Wildman–Crippen LogP) is 4.65. The van der Waals surface area contributed by atoms with Crippen LogP contribution in [0.1, 0.15) is 49.0 Å². The van der Waals surface area contributed by atoms with Crippen molar-refractivity contribution in [2.24, 2.45) is 5.92 Å². The molecule has 1 amide bonds. The lowest BCUT2D eigenvalue weighted by Gasteiger charge is -2.35. The summed E-state index contributed by atoms with van der Waals surface area (Å²) in [5.74, 6) is -1.10. The Balaban J connectivity index is 2.22. The lowest BCUT2D eigenvalue weighted by Crippen LogP contribution is -2.51. The van der Waals surface area contributed by atoms with Crippen molar-refractivity contribution in [2.75, 3.05) is 0 Å². The van der Waals surface area contributed by atoms with Gasteiger partial charge >= 0.3 is 0 Å². The molecule has 1 unspecified atom stereocenters. The lowest BCUT2D eigenvalue weighted by molar-refractivity contribution is 0.0831. The van der Waals surface area contributed by atoms with Crippen LogP contribution in [0.3, 0.4) is 0 Å². The maximum Gasteiger partial charge on any atom is 0.289 e. The summed E-state index contributed by atoms with van der Waals surface area (Å²) in [6, 6.07) is 7.28. The Labute approximate surface area is 144 Å². The largest absolute Gasteiger partial charge is 0.438 e. The molecule has 1 aromatic heterocycles. The quantitative estimate of drug-likeness (QED) is 0.819. The van der Waals surface area contributed by atoms with Crippen molar-refractivity contribution in [3.05, 3.63) is 52.7 Å². The molecule has 24 heavy (non-hydrogen) atoms. The molecular weight excluding hydrogens is 338 g/mol. The lowest BCUT2D eigenvalue weighted by atomic mass is 9.82. The first kappa shape index (κ1) is 18.4. The molecule has 0 aliphatic rings. The predicted molar refractivity (Wildman–Crippen MR) is 87.3 cm³/mol. The number of nitrogens with one attached hydrogen (secondary N) is 1. The third-order valence-electron chi connectivity index (χ3n) is 4.17. The van der Waals surface area contributed by atoms with E-state index in [1.54, 1.807) is 12.1 Å². The van der Waals surface area contributed by atoms with Gasteiger partial charge in [0.05, 0.1) is 0 Å². The van der Waals surface area contributed by atoms with E-state index in [9.17, 15) is 13.6 Å². The first-order valence-electron chi connectivity index (χ1n) is 7.51. The number of alkyl halides is 2. The number of rotatable bonds is 6. The third-order valence-corrected chi connectivity index (χ3v) is 4.42. The van der Waals surface area contributed by atoms with E-state index in [1.165, 1.54) is 0 Å². The zero-order chi connectivity index (χ0) is 17.9. The van der Waals surface area contributed by atoms with Gasteiger partial charge in [0, 0.05) is 10.6 Å². The summed E-state index contributed by atoms with van der Waals surface area (Å²) >= 11 is 5.88. The molecule has 1 heterocycles. The minimum atomic E-state index is -2.87. The average Bonchev–Trinajstić information content (AvgIpc) is 2.99. The molecule has 1 atom stereocenters. The van der Waals surface area contributed by atoms with E-state index in [4.69, 9.17) is 16.0 Å². The van der Waals surface area contributed by atoms with Gasteiger partial charge in [0.15, 0.2) is 12.1 Å². The van der Waals surface area contributed by atoms with Gasteiger partial charge in [-0.25, -0.2) is 13.8 Å². The van der Waals surface area contributed by atoms with Gasteiger partial charge < -0.3 is 9.73 Å². The fourth-order valence-corrected chi connectivity index (χ4v) is 2.44. The molecule has 0 aliphatic heterocycles. The van der Waals surface area contributed by atoms with Crippen LogP contribution in [0.5, 0.6) is 0 Å². The van der Waals surface area contributed by atoms with E-state index in [2.05, 4.69) is 10.3 Å². The van der Waals surface area contributed by atoms with Gasteiger partial charge in [-0.3, -0.25) is 4.79 Å². The van der Waals surface area contributed by atoms with Crippen molar-refractivity contribution in [1.82, 2.24) is 10.3 Å². The Morgan fingerprint density at radius 2 is 1.96 bits per heavy atom. The summed E-state index contributed by atoms with van der Waals surface area (Å²) < 4.78 is 30.6. The Kier molecular flexibility index (Phi) is 5.59. The summed E-state index contributed by atoms with van der Waals surface area (Å²) in [6.07, 6.45) is -1.50. The molecule has 0 bridgehead atoms. The minimum Gasteiger partial charge on any atom is -0.438 e. The highest BCUT2D eigenvalue weighted by Gasteiger charge is 2.33. The van der Waals surface area contributed by atoms with Crippen LogP contribution >= 0.6 is 11.6 Å². The van der Waals surface area contributed by atoms with E-state index in [0.717, 1.165) is 12.0 Å². The van der Waals surface area contributed by atoms with Crippen LogP contribution < -0.4 is 5.32 Å². The number of carbonyl (C=O) groups excluding carboxylic acids is 1. The maximum absolute atomic E-state index is 12.9. The van der Waals surface area contributed by atoms with Gasteiger partial charge in [-0.1, -0.05) is 37.6 Å². The number of aromatic nitrogens is 1. The molecule has 0 spiro atoms. The van der Waals surface area contributed by atoms with Crippen molar-refractivity contribution in [3.8, 4) is 0 Å². The van der Waals surface area contributed by atoms with Crippen LogP contribution in [0.15, 0.2) is 35.1 Å². The molecule has 0 aliphatic carbocycles. The summed E-state index contributed by atoms with van der Waals surface area (Å²) in [5.41, 5.74) is -0.329. The highest BCUT2D eigenvalue weighted by molar-refractivity contribution is 6.30. The van der Waals surface area contributed by atoms with Crippen LogP contribution in [0, 0.1) is 5.92 Å². The normalized spacial score (nSPS) is 14.0. The Morgan fingerprint density at radius 1 is 1.33 bits per heavy atom. The average molecular weight is 357 g/mol. The second-order valence-electron chi connectivity index (χ2n) is 6.20. The third kappa shape index (κ3) is 4.12. The molecule has 7 heteroatoms. The Morgan fingerprint density at radius 3 is 2.50 bits per heavy atom. The van der Waals surface area contributed by atoms with Crippen LogP contribution in [0.25, 0.3) is 0 Å². The van der Waals surface area contributed by atoms with Crippen molar-refractivity contribution in [3.63, 3.8) is 0 Å². The first-order chi connectivity index (χ1) is 11.2. The van der Waals surface area contributed by atoms with E-state index in [1.807, 2.05) is 32.9 Å². The Hall–Kier alpha value is -1.95. The van der Waals surface area contributed by atoms with E-state index in [0.29, 0.717) is 11.4 Å². The molecule has 1 aromatic carbocycles. The smallest absolute Gasteiger partial charge is 0.289 e. The van der Waals surface area contributed by atoms with Crippen LogP contribution in [-0.2, 0) is 6.42 Å². The fourth-order valence-electron chi connectivity index (χ4n) is 2.32. The first-order valence-corrected chi connectivity index (χ1v) is 7.89.